The van der Waals surface area contributed by atoms with Crippen molar-refractivity contribution >= 4 is 65.7 Å². The third kappa shape index (κ3) is 5.09. The van der Waals surface area contributed by atoms with Crippen LogP contribution in [0.25, 0.3) is 82.5 Å². The number of rotatable bonds is 5. The van der Waals surface area contributed by atoms with Crippen molar-refractivity contribution in [1.29, 1.82) is 0 Å². The first-order valence-electron chi connectivity index (χ1n) is 19.5. The van der Waals surface area contributed by atoms with Gasteiger partial charge in [0.1, 0.15) is 22.3 Å². The van der Waals surface area contributed by atoms with Crippen molar-refractivity contribution in [2.24, 2.45) is 0 Å². The van der Waals surface area contributed by atoms with Crippen molar-refractivity contribution in [2.75, 3.05) is 0 Å². The Morgan fingerprint density at radius 3 is 1.68 bits per heavy atom. The van der Waals surface area contributed by atoms with E-state index in [0.717, 1.165) is 66.3 Å². The minimum Gasteiger partial charge on any atom is -0.456 e. The average molecular weight is 737 g/mol. The van der Waals surface area contributed by atoms with Gasteiger partial charge in [-0.1, -0.05) is 140 Å². The predicted octanol–water partition coefficient (Wildman–Crippen LogP) is 12.4. The van der Waals surface area contributed by atoms with Gasteiger partial charge in [0.25, 0.3) is 0 Å². The number of nitrogens with zero attached hydrogens (tertiary/aromatic N) is 1. The van der Waals surface area contributed by atoms with Crippen LogP contribution in [0.5, 0.6) is 0 Å². The lowest BCUT2D eigenvalue weighted by Gasteiger charge is -2.39. The molecule has 57 heavy (non-hydrogen) atoms. The molecule has 0 saturated carbocycles. The van der Waals surface area contributed by atoms with Gasteiger partial charge in [0.05, 0.1) is 40.6 Å². The fourth-order valence-electron chi connectivity index (χ4n) is 9.19. The van der Waals surface area contributed by atoms with Gasteiger partial charge in [-0.15, -0.1) is 0 Å². The van der Waals surface area contributed by atoms with Gasteiger partial charge in [0, 0.05) is 32.5 Å². The zero-order chi connectivity index (χ0) is 37.5. The van der Waals surface area contributed by atoms with E-state index in [1.54, 1.807) is 0 Å². The maximum atomic E-state index is 6.80. The largest absolute Gasteiger partial charge is 0.456 e. The van der Waals surface area contributed by atoms with Crippen molar-refractivity contribution in [2.45, 2.75) is 18.5 Å². The SMILES string of the molecule is c1ccc(C2NC(c3ccccc3)NC(c3cccc4oc5cc(-c6cccc7c6oc6cccc(-n8c9ccccc9c9ccccc98)c67)ccc5c34)N2)cc1. The maximum Gasteiger partial charge on any atom is 0.143 e. The summed E-state index contributed by atoms with van der Waals surface area (Å²) in [6.45, 7) is 0. The van der Waals surface area contributed by atoms with E-state index in [1.807, 2.05) is 0 Å². The second kappa shape index (κ2) is 12.8. The second-order valence-corrected chi connectivity index (χ2v) is 15.0. The monoisotopic (exact) mass is 736 g/mol. The lowest BCUT2D eigenvalue weighted by atomic mass is 9.98. The van der Waals surface area contributed by atoms with E-state index < -0.39 is 0 Å². The molecule has 0 spiro atoms. The molecule has 0 radical (unpaired) electrons. The molecule has 0 amide bonds. The molecule has 6 nitrogen and oxygen atoms in total. The van der Waals surface area contributed by atoms with Gasteiger partial charge in [0.2, 0.25) is 0 Å². The summed E-state index contributed by atoms with van der Waals surface area (Å²) in [4.78, 5) is 0. The molecule has 1 aliphatic heterocycles. The summed E-state index contributed by atoms with van der Waals surface area (Å²) in [7, 11) is 0. The number of benzene rings is 8. The van der Waals surface area contributed by atoms with E-state index in [9.17, 15) is 0 Å². The van der Waals surface area contributed by atoms with E-state index in [4.69, 9.17) is 8.83 Å². The molecule has 6 heteroatoms. The van der Waals surface area contributed by atoms with Crippen LogP contribution in [-0.4, -0.2) is 4.57 Å². The Balaban J connectivity index is 0.981. The van der Waals surface area contributed by atoms with Crippen LogP contribution >= 0.6 is 0 Å². The summed E-state index contributed by atoms with van der Waals surface area (Å²) in [5.74, 6) is 0. The quantitative estimate of drug-likeness (QED) is 0.164. The van der Waals surface area contributed by atoms with Crippen molar-refractivity contribution in [3.05, 3.63) is 199 Å². The van der Waals surface area contributed by atoms with E-state index in [-0.39, 0.29) is 18.5 Å². The van der Waals surface area contributed by atoms with Gasteiger partial charge < -0.3 is 13.4 Å². The molecule has 12 rings (SSSR count). The third-order valence-electron chi connectivity index (χ3n) is 11.7. The number of aromatic nitrogens is 1. The van der Waals surface area contributed by atoms with Crippen LogP contribution in [0.2, 0.25) is 0 Å². The zero-order valence-electron chi connectivity index (χ0n) is 30.8. The van der Waals surface area contributed by atoms with Crippen molar-refractivity contribution in [1.82, 2.24) is 20.5 Å². The fraction of sp³-hybridized carbons (Fsp3) is 0.0588. The highest BCUT2D eigenvalue weighted by Crippen LogP contribution is 2.43. The van der Waals surface area contributed by atoms with E-state index >= 15 is 0 Å². The molecular weight excluding hydrogens is 701 g/mol. The molecule has 2 unspecified atom stereocenters. The molecule has 1 aliphatic rings. The summed E-state index contributed by atoms with van der Waals surface area (Å²) in [5.41, 5.74) is 12.4. The Kier molecular flexibility index (Phi) is 7.25. The Bertz CT molecular complexity index is 3210. The highest BCUT2D eigenvalue weighted by molar-refractivity contribution is 6.16. The number of para-hydroxylation sites is 3. The summed E-state index contributed by atoms with van der Waals surface area (Å²) < 4.78 is 15.9. The molecule has 4 heterocycles. The molecule has 8 aromatic carbocycles. The van der Waals surface area contributed by atoms with Gasteiger partial charge in [0.15, 0.2) is 0 Å². The minimum absolute atomic E-state index is 0.0672. The fourth-order valence-corrected chi connectivity index (χ4v) is 9.19. The van der Waals surface area contributed by atoms with Gasteiger partial charge in [-0.05, 0) is 64.7 Å². The van der Waals surface area contributed by atoms with E-state index in [1.165, 1.54) is 32.9 Å². The van der Waals surface area contributed by atoms with E-state index in [0.29, 0.717) is 0 Å². The molecular formula is C51H36N4O2. The van der Waals surface area contributed by atoms with Crippen LogP contribution in [-0.2, 0) is 0 Å². The number of hydrogen-bond acceptors (Lipinski definition) is 5. The van der Waals surface area contributed by atoms with Gasteiger partial charge in [-0.3, -0.25) is 16.0 Å². The molecule has 0 bridgehead atoms. The van der Waals surface area contributed by atoms with E-state index in [2.05, 4.69) is 203 Å². The van der Waals surface area contributed by atoms with Crippen LogP contribution in [0.3, 0.4) is 0 Å². The summed E-state index contributed by atoms with van der Waals surface area (Å²) in [6.07, 6.45) is -0.288. The molecule has 2 atom stereocenters. The smallest absolute Gasteiger partial charge is 0.143 e. The topological polar surface area (TPSA) is 67.3 Å². The number of furan rings is 2. The minimum atomic E-state index is -0.154. The van der Waals surface area contributed by atoms with Gasteiger partial charge >= 0.3 is 0 Å². The standard InChI is InChI=1S/C51H36N4O2/c1-3-14-31(15-4-1)49-52-50(32-16-5-2-6-17-32)54-51(53-49)39-22-12-26-43-46(39)37-29-28-33(30-45(37)56-43)34-20-11-21-38-47-42(25-13-27-44(47)57-48(34)38)55-40-23-9-7-18-35(40)36-19-8-10-24-41(36)55/h1-30,49-54H. The molecule has 3 N–H and O–H groups in total. The Hall–Kier alpha value is -6.96. The summed E-state index contributed by atoms with van der Waals surface area (Å²) in [5, 5.41) is 18.3. The summed E-state index contributed by atoms with van der Waals surface area (Å²) >= 11 is 0. The normalized spacial score (nSPS) is 17.4. The second-order valence-electron chi connectivity index (χ2n) is 15.0. The van der Waals surface area contributed by atoms with Gasteiger partial charge in [-0.2, -0.15) is 0 Å². The first-order valence-corrected chi connectivity index (χ1v) is 19.5. The van der Waals surface area contributed by atoms with Crippen LogP contribution < -0.4 is 16.0 Å². The Labute approximate surface area is 327 Å². The predicted molar refractivity (Wildman–Crippen MR) is 231 cm³/mol. The van der Waals surface area contributed by atoms with Crippen LogP contribution in [0, 0.1) is 0 Å². The molecule has 1 fully saturated rings. The van der Waals surface area contributed by atoms with Gasteiger partial charge in [-0.25, -0.2) is 0 Å². The number of hydrogen-bond donors (Lipinski definition) is 3. The lowest BCUT2D eigenvalue weighted by molar-refractivity contribution is 0.204. The number of fused-ring (bicyclic) bond motifs is 9. The van der Waals surface area contributed by atoms with Crippen molar-refractivity contribution in [3.8, 4) is 16.8 Å². The van der Waals surface area contributed by atoms with Crippen LogP contribution in [0.4, 0.5) is 0 Å². The molecule has 272 valence electrons. The first-order chi connectivity index (χ1) is 28.3. The summed E-state index contributed by atoms with van der Waals surface area (Å²) in [6, 6.07) is 64.2. The first kappa shape index (κ1) is 32.3. The average Bonchev–Trinajstić information content (AvgIpc) is 3.96. The zero-order valence-corrected chi connectivity index (χ0v) is 30.8. The maximum absolute atomic E-state index is 6.80. The molecule has 1 saturated heterocycles. The number of nitrogens with one attached hydrogen (secondary N) is 3. The lowest BCUT2D eigenvalue weighted by Crippen LogP contribution is -2.54. The highest BCUT2D eigenvalue weighted by atomic mass is 16.3. The molecule has 11 aromatic rings. The van der Waals surface area contributed by atoms with Crippen LogP contribution in [0.1, 0.15) is 35.2 Å². The van der Waals surface area contributed by atoms with Crippen LogP contribution in [0.15, 0.2) is 191 Å². The third-order valence-corrected chi connectivity index (χ3v) is 11.7. The Morgan fingerprint density at radius 2 is 0.982 bits per heavy atom. The highest BCUT2D eigenvalue weighted by Gasteiger charge is 2.31. The molecule has 0 aliphatic carbocycles. The Morgan fingerprint density at radius 1 is 0.404 bits per heavy atom. The molecule has 3 aromatic heterocycles. The van der Waals surface area contributed by atoms with Crippen molar-refractivity contribution < 1.29 is 8.83 Å². The van der Waals surface area contributed by atoms with Crippen molar-refractivity contribution in [3.63, 3.8) is 0 Å².